The molecule has 8 nitrogen and oxygen atoms in total. The zero-order valence-electron chi connectivity index (χ0n) is 27.1. The molecule has 1 unspecified atom stereocenters. The highest BCUT2D eigenvalue weighted by Gasteiger charge is 2.32. The maximum absolute atomic E-state index is 13.9. The first kappa shape index (κ1) is 31.7. The highest BCUT2D eigenvalue weighted by Crippen LogP contribution is 2.39. The Morgan fingerprint density at radius 2 is 1.87 bits per heavy atom. The number of benzene rings is 1. The number of aliphatic imine (C=N–C) groups is 1. The van der Waals surface area contributed by atoms with Gasteiger partial charge in [-0.3, -0.25) is 19.4 Å². The van der Waals surface area contributed by atoms with Gasteiger partial charge in [-0.1, -0.05) is 39.0 Å². The summed E-state index contributed by atoms with van der Waals surface area (Å²) in [5.74, 6) is 0.224. The van der Waals surface area contributed by atoms with E-state index in [1.165, 1.54) is 11.3 Å². The smallest absolute Gasteiger partial charge is 0.223 e. The van der Waals surface area contributed by atoms with E-state index in [4.69, 9.17) is 9.98 Å². The number of piperidine rings is 1. The van der Waals surface area contributed by atoms with Gasteiger partial charge < -0.3 is 15.3 Å². The normalized spacial score (nSPS) is 22.8. The van der Waals surface area contributed by atoms with Crippen LogP contribution in [0.4, 0.5) is 5.69 Å². The molecule has 1 aliphatic carbocycles. The summed E-state index contributed by atoms with van der Waals surface area (Å²) in [5, 5.41) is 12.8. The first-order valence-corrected chi connectivity index (χ1v) is 17.0. The predicted octanol–water partition coefficient (Wildman–Crippen LogP) is 5.16. The lowest BCUT2D eigenvalue weighted by atomic mass is 9.71. The molecule has 0 saturated carbocycles. The third-order valence-corrected chi connectivity index (χ3v) is 10.6. The largest absolute Gasteiger partial charge is 0.393 e. The van der Waals surface area contributed by atoms with Crippen LogP contribution in [0.2, 0.25) is 0 Å². The summed E-state index contributed by atoms with van der Waals surface area (Å²) in [4.78, 5) is 51.4. The van der Waals surface area contributed by atoms with Gasteiger partial charge in [0.25, 0.3) is 0 Å². The Balaban J connectivity index is 1.18. The number of aromatic nitrogens is 1. The molecule has 6 rings (SSSR count). The quantitative estimate of drug-likeness (QED) is 0.359. The summed E-state index contributed by atoms with van der Waals surface area (Å²) in [6.07, 6.45) is 6.88. The Morgan fingerprint density at radius 3 is 2.60 bits per heavy atom. The minimum Gasteiger partial charge on any atom is -0.393 e. The van der Waals surface area contributed by atoms with Gasteiger partial charge in [-0.25, -0.2) is 4.99 Å². The maximum atomic E-state index is 13.9. The lowest BCUT2D eigenvalue weighted by molar-refractivity contribution is -0.122. The minimum atomic E-state index is -0.270. The second-order valence-corrected chi connectivity index (χ2v) is 14.8. The van der Waals surface area contributed by atoms with Crippen molar-refractivity contribution >= 4 is 28.9 Å². The van der Waals surface area contributed by atoms with Crippen molar-refractivity contribution in [2.45, 2.75) is 97.0 Å². The number of ketones is 2. The van der Waals surface area contributed by atoms with E-state index in [0.29, 0.717) is 43.0 Å². The van der Waals surface area contributed by atoms with Crippen molar-refractivity contribution in [3.05, 3.63) is 58.4 Å². The van der Waals surface area contributed by atoms with Gasteiger partial charge in [0.2, 0.25) is 5.91 Å². The van der Waals surface area contributed by atoms with Crippen LogP contribution in [0.5, 0.6) is 0 Å². The molecule has 1 aromatic heterocycles. The number of rotatable bonds is 10. The maximum Gasteiger partial charge on any atom is 0.223 e. The number of aliphatic hydroxyl groups is 1. The summed E-state index contributed by atoms with van der Waals surface area (Å²) < 4.78 is 0. The fourth-order valence-corrected chi connectivity index (χ4v) is 7.52. The molecule has 2 N–H and O–H groups in total. The van der Waals surface area contributed by atoms with E-state index in [1.54, 1.807) is 0 Å². The number of carbonyl (C=O) groups excluding carboxylic acids is 3. The lowest BCUT2D eigenvalue weighted by Crippen LogP contribution is -2.37. The van der Waals surface area contributed by atoms with Crippen molar-refractivity contribution in [2.24, 2.45) is 22.2 Å². The second-order valence-electron chi connectivity index (χ2n) is 14.8. The number of aryl methyl sites for hydroxylation is 1. The number of aliphatic hydroxyl groups excluding tert-OH is 1. The third kappa shape index (κ3) is 7.44. The van der Waals surface area contributed by atoms with Crippen molar-refractivity contribution in [1.29, 1.82) is 0 Å². The Labute approximate surface area is 267 Å². The first-order valence-electron chi connectivity index (χ1n) is 17.0. The molecule has 2 aromatic rings. The van der Waals surface area contributed by atoms with E-state index in [0.717, 1.165) is 75.1 Å². The van der Waals surface area contributed by atoms with Gasteiger partial charge in [0.15, 0.2) is 11.6 Å². The number of carbonyl (C=O) groups is 3. The van der Waals surface area contributed by atoms with Gasteiger partial charge in [0.05, 0.1) is 23.2 Å². The number of fused-ring (bicyclic) bond motifs is 2. The molecule has 0 radical (unpaired) electrons. The topological polar surface area (TPSA) is 112 Å². The Kier molecular flexibility index (Phi) is 9.34. The van der Waals surface area contributed by atoms with E-state index < -0.39 is 0 Å². The Hall–Kier alpha value is -3.23. The molecule has 0 spiro atoms. The number of nitrogens with zero attached hydrogens (tertiary/aromatic N) is 3. The summed E-state index contributed by atoms with van der Waals surface area (Å²) in [6.45, 7) is 10.1. The highest BCUT2D eigenvalue weighted by atomic mass is 16.3. The average Bonchev–Trinajstić information content (AvgIpc) is 3.63. The Bertz CT molecular complexity index is 1480. The van der Waals surface area contributed by atoms with Crippen molar-refractivity contribution in [2.75, 3.05) is 26.2 Å². The summed E-state index contributed by atoms with van der Waals surface area (Å²) in [5.41, 5.74) is 6.60. The fourth-order valence-electron chi connectivity index (χ4n) is 7.52. The second kappa shape index (κ2) is 13.2. The van der Waals surface area contributed by atoms with Gasteiger partial charge in [0.1, 0.15) is 0 Å². The van der Waals surface area contributed by atoms with Crippen LogP contribution in [-0.2, 0) is 28.9 Å². The van der Waals surface area contributed by atoms with Crippen molar-refractivity contribution < 1.29 is 19.5 Å². The van der Waals surface area contributed by atoms with E-state index in [1.807, 2.05) is 24.3 Å². The van der Waals surface area contributed by atoms with Gasteiger partial charge in [-0.05, 0) is 92.0 Å². The summed E-state index contributed by atoms with van der Waals surface area (Å²) in [7, 11) is 0. The fraction of sp³-hybridized carbons (Fsp3) is 0.595. The number of hydrogen-bond acceptors (Lipinski definition) is 7. The Morgan fingerprint density at radius 1 is 1.07 bits per heavy atom. The molecular formula is C37H48N4O4. The van der Waals surface area contributed by atoms with Crippen LogP contribution in [0.25, 0.3) is 0 Å². The van der Waals surface area contributed by atoms with Gasteiger partial charge in [0, 0.05) is 56.1 Å². The van der Waals surface area contributed by atoms with Crippen LogP contribution in [-0.4, -0.2) is 70.5 Å². The number of pyridine rings is 1. The van der Waals surface area contributed by atoms with Crippen LogP contribution in [0.1, 0.15) is 105 Å². The van der Waals surface area contributed by atoms with E-state index in [2.05, 4.69) is 37.1 Å². The number of nitrogens with one attached hydrogen (secondary N) is 1. The zero-order valence-corrected chi connectivity index (χ0v) is 27.1. The molecule has 1 aromatic carbocycles. The number of hydrogen-bond donors (Lipinski definition) is 2. The molecule has 4 heterocycles. The van der Waals surface area contributed by atoms with Crippen LogP contribution in [0.3, 0.4) is 0 Å². The van der Waals surface area contributed by atoms with Crippen molar-refractivity contribution in [3.63, 3.8) is 0 Å². The summed E-state index contributed by atoms with van der Waals surface area (Å²) >= 11 is 0. The van der Waals surface area contributed by atoms with Crippen LogP contribution >= 0.6 is 0 Å². The van der Waals surface area contributed by atoms with Gasteiger partial charge in [-0.2, -0.15) is 0 Å². The molecule has 240 valence electrons. The van der Waals surface area contributed by atoms with Crippen LogP contribution < -0.4 is 5.32 Å². The molecule has 3 aliphatic heterocycles. The minimum absolute atomic E-state index is 0.0339. The monoisotopic (exact) mass is 612 g/mol. The summed E-state index contributed by atoms with van der Waals surface area (Å²) in [6, 6.07) is 9.84. The molecule has 45 heavy (non-hydrogen) atoms. The first-order chi connectivity index (χ1) is 21.5. The average molecular weight is 613 g/mol. The zero-order chi connectivity index (χ0) is 31.7. The molecule has 0 bridgehead atoms. The lowest BCUT2D eigenvalue weighted by Gasteiger charge is -2.34. The molecule has 2 fully saturated rings. The molecule has 3 atom stereocenters. The molecule has 1 amide bonds. The van der Waals surface area contributed by atoms with E-state index in [9.17, 15) is 19.5 Å². The molecule has 4 aliphatic rings. The van der Waals surface area contributed by atoms with Crippen molar-refractivity contribution in [1.82, 2.24) is 15.2 Å². The van der Waals surface area contributed by atoms with Gasteiger partial charge in [-0.15, -0.1) is 0 Å². The molecule has 8 heteroatoms. The van der Waals surface area contributed by atoms with E-state index >= 15 is 0 Å². The number of amides is 1. The third-order valence-electron chi connectivity index (χ3n) is 10.6. The number of Topliss-reactive ketones (excluding diaryl/α,β-unsaturated/α-hetero) is 2. The van der Waals surface area contributed by atoms with Gasteiger partial charge >= 0.3 is 0 Å². The van der Waals surface area contributed by atoms with Crippen molar-refractivity contribution in [3.8, 4) is 0 Å². The molecular weight excluding hydrogens is 564 g/mol. The SMILES string of the molecule is CC(C)(C)[C@H]1CCc2nc3c(cc2C1)N=C(C(=O)C[C@H](CCN1CCC(O)CC1)c1cccc(C(=O)CC2CCNC2=O)c1)C3. The van der Waals surface area contributed by atoms with Crippen LogP contribution in [0, 0.1) is 17.3 Å². The molecule has 2 saturated heterocycles. The van der Waals surface area contributed by atoms with E-state index in [-0.39, 0.29) is 47.2 Å². The standard InChI is InChI=1S/C37H48N4O4/c1-37(2,3)28-7-8-30-27(18-28)19-31-32(39-30)22-33(40-31)35(44)20-24(10-14-41-15-11-29(42)12-16-41)23-5-4-6-25(17-23)34(43)21-26-9-13-38-36(26)45/h4-6,17,19,24,26,28-29,42H,7-16,18,20-22H2,1-3H3,(H,38,45)/t24-,26?,28-/m0/s1. The predicted molar refractivity (Wildman–Crippen MR) is 175 cm³/mol. The highest BCUT2D eigenvalue weighted by molar-refractivity contribution is 6.41. The van der Waals surface area contributed by atoms with Crippen LogP contribution in [0.15, 0.2) is 35.3 Å². The number of likely N-dealkylation sites (tertiary alicyclic amines) is 1.